The molecule has 1 nitrogen and oxygen atoms in total. The van der Waals surface area contributed by atoms with Crippen molar-refractivity contribution in [2.45, 2.75) is 20.4 Å². The van der Waals surface area contributed by atoms with Gasteiger partial charge in [-0.1, -0.05) is 26.0 Å². The molecule has 0 saturated carbocycles. The maximum absolute atomic E-state index is 12.5. The van der Waals surface area contributed by atoms with E-state index in [1.165, 1.54) is 12.1 Å². The second kappa shape index (κ2) is 6.80. The molecule has 0 aliphatic heterocycles. The molecule has 0 saturated heterocycles. The van der Waals surface area contributed by atoms with Crippen molar-refractivity contribution in [1.29, 1.82) is 0 Å². The molecule has 0 amide bonds. The molecule has 12 heavy (non-hydrogen) atoms. The smallest absolute Gasteiger partial charge is 0.123 e. The summed E-state index contributed by atoms with van der Waals surface area (Å²) in [5.74, 6) is -0.173. The Morgan fingerprint density at radius 1 is 1.33 bits per heavy atom. The maximum Gasteiger partial charge on any atom is 0.123 e. The van der Waals surface area contributed by atoms with E-state index in [4.69, 9.17) is 0 Å². The molecule has 0 aliphatic carbocycles. The summed E-state index contributed by atoms with van der Waals surface area (Å²) in [7, 11) is 1.84. The van der Waals surface area contributed by atoms with Crippen molar-refractivity contribution in [2.75, 3.05) is 7.05 Å². The van der Waals surface area contributed by atoms with Gasteiger partial charge < -0.3 is 5.32 Å². The monoisotopic (exact) mass is 169 g/mol. The lowest BCUT2D eigenvalue weighted by Crippen LogP contribution is -2.04. The van der Waals surface area contributed by atoms with Crippen molar-refractivity contribution < 1.29 is 4.39 Å². The molecule has 0 atom stereocenters. The predicted octanol–water partition coefficient (Wildman–Crippen LogP) is 2.57. The zero-order valence-corrected chi connectivity index (χ0v) is 7.89. The van der Waals surface area contributed by atoms with Gasteiger partial charge in [0.1, 0.15) is 5.82 Å². The van der Waals surface area contributed by atoms with Crippen LogP contribution in [0.25, 0.3) is 0 Å². The van der Waals surface area contributed by atoms with Crippen LogP contribution in [-0.4, -0.2) is 7.05 Å². The summed E-state index contributed by atoms with van der Waals surface area (Å²) in [6, 6.07) is 6.57. The van der Waals surface area contributed by atoms with Crippen LogP contribution in [-0.2, 0) is 6.54 Å². The van der Waals surface area contributed by atoms with E-state index in [0.29, 0.717) is 0 Å². The largest absolute Gasteiger partial charge is 0.316 e. The molecule has 1 aromatic carbocycles. The minimum atomic E-state index is -0.173. The zero-order chi connectivity index (χ0) is 9.40. The summed E-state index contributed by atoms with van der Waals surface area (Å²) in [5.41, 5.74) is 0.975. The third kappa shape index (κ3) is 4.09. The molecule has 1 rings (SSSR count). The molecule has 0 heterocycles. The number of benzene rings is 1. The van der Waals surface area contributed by atoms with Gasteiger partial charge in [0.15, 0.2) is 0 Å². The van der Waals surface area contributed by atoms with Crippen molar-refractivity contribution in [3.8, 4) is 0 Å². The second-order valence-corrected chi connectivity index (χ2v) is 2.16. The normalized spacial score (nSPS) is 8.67. The molecular formula is C10H16FN. The van der Waals surface area contributed by atoms with E-state index in [9.17, 15) is 4.39 Å². The Balaban J connectivity index is 0.000000561. The van der Waals surface area contributed by atoms with Crippen LogP contribution in [0, 0.1) is 5.82 Å². The minimum absolute atomic E-state index is 0.173. The number of hydrogen-bond acceptors (Lipinski definition) is 1. The third-order valence-electron chi connectivity index (χ3n) is 1.27. The lowest BCUT2D eigenvalue weighted by molar-refractivity contribution is 0.624. The highest BCUT2D eigenvalue weighted by Crippen LogP contribution is 2.01. The second-order valence-electron chi connectivity index (χ2n) is 2.16. The van der Waals surface area contributed by atoms with Crippen molar-refractivity contribution in [3.63, 3.8) is 0 Å². The average molecular weight is 169 g/mol. The standard InChI is InChI=1S/C8H10FN.C2H6/c1-10-6-7-3-2-4-8(9)5-7;1-2/h2-5,10H,6H2,1H3;1-2H3. The number of rotatable bonds is 2. The minimum Gasteiger partial charge on any atom is -0.316 e. The van der Waals surface area contributed by atoms with Crippen LogP contribution in [0.4, 0.5) is 4.39 Å². The van der Waals surface area contributed by atoms with Gasteiger partial charge in [-0.25, -0.2) is 4.39 Å². The third-order valence-corrected chi connectivity index (χ3v) is 1.27. The summed E-state index contributed by atoms with van der Waals surface area (Å²) in [4.78, 5) is 0. The van der Waals surface area contributed by atoms with Gasteiger partial charge in [-0.2, -0.15) is 0 Å². The Labute approximate surface area is 73.6 Å². The van der Waals surface area contributed by atoms with Gasteiger partial charge in [-0.15, -0.1) is 0 Å². The van der Waals surface area contributed by atoms with Crippen LogP contribution in [0.1, 0.15) is 19.4 Å². The predicted molar refractivity (Wildman–Crippen MR) is 50.5 cm³/mol. The van der Waals surface area contributed by atoms with Gasteiger partial charge in [-0.3, -0.25) is 0 Å². The first-order valence-electron chi connectivity index (χ1n) is 4.22. The lowest BCUT2D eigenvalue weighted by atomic mass is 10.2. The molecule has 0 unspecified atom stereocenters. The van der Waals surface area contributed by atoms with Crippen LogP contribution < -0.4 is 5.32 Å². The molecule has 2 heteroatoms. The summed E-state index contributed by atoms with van der Waals surface area (Å²) in [6.45, 7) is 4.72. The van der Waals surface area contributed by atoms with E-state index < -0.39 is 0 Å². The Hall–Kier alpha value is -0.890. The van der Waals surface area contributed by atoms with E-state index >= 15 is 0 Å². The van der Waals surface area contributed by atoms with Crippen LogP contribution in [0.5, 0.6) is 0 Å². The lowest BCUT2D eigenvalue weighted by Gasteiger charge is -1.97. The SMILES string of the molecule is CC.CNCc1cccc(F)c1. The fraction of sp³-hybridized carbons (Fsp3) is 0.400. The van der Waals surface area contributed by atoms with Crippen molar-refractivity contribution in [3.05, 3.63) is 35.6 Å². The molecule has 1 N–H and O–H groups in total. The molecule has 0 aromatic heterocycles. The van der Waals surface area contributed by atoms with E-state index in [0.717, 1.165) is 12.1 Å². The highest BCUT2D eigenvalue weighted by molar-refractivity contribution is 5.15. The van der Waals surface area contributed by atoms with Crippen LogP contribution >= 0.6 is 0 Å². The Kier molecular flexibility index (Phi) is 6.29. The van der Waals surface area contributed by atoms with Crippen molar-refractivity contribution in [2.24, 2.45) is 0 Å². The molecule has 0 radical (unpaired) electrons. The zero-order valence-electron chi connectivity index (χ0n) is 7.89. The quantitative estimate of drug-likeness (QED) is 0.717. The number of halogens is 1. The highest BCUT2D eigenvalue weighted by Gasteiger charge is 1.91. The molecule has 0 fully saturated rings. The molecule has 0 aliphatic rings. The highest BCUT2D eigenvalue weighted by atomic mass is 19.1. The fourth-order valence-corrected chi connectivity index (χ4v) is 0.851. The first kappa shape index (κ1) is 11.1. The summed E-state index contributed by atoms with van der Waals surface area (Å²) < 4.78 is 12.5. The van der Waals surface area contributed by atoms with Crippen molar-refractivity contribution >= 4 is 0 Å². The van der Waals surface area contributed by atoms with Gasteiger partial charge in [0.05, 0.1) is 0 Å². The summed E-state index contributed by atoms with van der Waals surface area (Å²) in [5, 5.41) is 2.94. The van der Waals surface area contributed by atoms with Gasteiger partial charge in [0, 0.05) is 6.54 Å². The van der Waals surface area contributed by atoms with E-state index in [1.807, 2.05) is 27.0 Å². The van der Waals surface area contributed by atoms with Crippen molar-refractivity contribution in [1.82, 2.24) is 5.32 Å². The molecular weight excluding hydrogens is 153 g/mol. The summed E-state index contributed by atoms with van der Waals surface area (Å²) >= 11 is 0. The van der Waals surface area contributed by atoms with Crippen LogP contribution in [0.15, 0.2) is 24.3 Å². The molecule has 0 bridgehead atoms. The van der Waals surface area contributed by atoms with Gasteiger partial charge >= 0.3 is 0 Å². The first-order valence-corrected chi connectivity index (χ1v) is 4.22. The van der Waals surface area contributed by atoms with Crippen LogP contribution in [0.2, 0.25) is 0 Å². The molecule has 1 aromatic rings. The van der Waals surface area contributed by atoms with E-state index in [2.05, 4.69) is 5.32 Å². The Morgan fingerprint density at radius 3 is 2.50 bits per heavy atom. The molecule has 68 valence electrons. The van der Waals surface area contributed by atoms with Gasteiger partial charge in [0.25, 0.3) is 0 Å². The first-order chi connectivity index (χ1) is 5.83. The van der Waals surface area contributed by atoms with Gasteiger partial charge in [-0.05, 0) is 24.7 Å². The van der Waals surface area contributed by atoms with Gasteiger partial charge in [0.2, 0.25) is 0 Å². The fourth-order valence-electron chi connectivity index (χ4n) is 0.851. The Bertz CT molecular complexity index is 211. The Morgan fingerprint density at radius 2 is 2.00 bits per heavy atom. The van der Waals surface area contributed by atoms with Crippen LogP contribution in [0.3, 0.4) is 0 Å². The number of hydrogen-bond donors (Lipinski definition) is 1. The maximum atomic E-state index is 12.5. The topological polar surface area (TPSA) is 12.0 Å². The average Bonchev–Trinajstić information content (AvgIpc) is 2.09. The molecule has 0 spiro atoms. The number of nitrogens with one attached hydrogen (secondary N) is 1. The summed E-state index contributed by atoms with van der Waals surface area (Å²) in [6.07, 6.45) is 0. The van der Waals surface area contributed by atoms with E-state index in [1.54, 1.807) is 6.07 Å². The van der Waals surface area contributed by atoms with E-state index in [-0.39, 0.29) is 5.82 Å².